The van der Waals surface area contributed by atoms with Crippen LogP contribution in [0.2, 0.25) is 0 Å². The summed E-state index contributed by atoms with van der Waals surface area (Å²) in [4.78, 5) is 2.92. The second-order valence-corrected chi connectivity index (χ2v) is 10.5. The van der Waals surface area contributed by atoms with Crippen LogP contribution in [0, 0.1) is 11.8 Å². The van der Waals surface area contributed by atoms with Crippen molar-refractivity contribution >= 4 is 35.0 Å². The van der Waals surface area contributed by atoms with Crippen LogP contribution in [0.25, 0.3) is 0 Å². The van der Waals surface area contributed by atoms with Gasteiger partial charge in [-0.15, -0.1) is 0 Å². The van der Waals surface area contributed by atoms with Crippen LogP contribution >= 0.6 is 0 Å². The zero-order chi connectivity index (χ0) is 12.4. The van der Waals surface area contributed by atoms with E-state index < -0.39 is 0 Å². The van der Waals surface area contributed by atoms with Gasteiger partial charge in [0.2, 0.25) is 0 Å². The van der Waals surface area contributed by atoms with Crippen molar-refractivity contribution in [3.63, 3.8) is 0 Å². The Hall–Kier alpha value is 0.709. The summed E-state index contributed by atoms with van der Waals surface area (Å²) >= 11 is 6.20. The molecule has 0 amide bonds. The molecule has 1 nitrogen and oxygen atoms in total. The number of rotatable bonds is 3. The van der Waals surface area contributed by atoms with Crippen molar-refractivity contribution in [2.24, 2.45) is 11.8 Å². The van der Waals surface area contributed by atoms with Crippen LogP contribution in [0.4, 0.5) is 0 Å². The number of hydrogen-bond donors (Lipinski definition) is 0. The molecular formula is C15H23NSe2. The van der Waals surface area contributed by atoms with Crippen molar-refractivity contribution in [3.05, 3.63) is 0 Å². The number of hydrogen-bond acceptors (Lipinski definition) is 1. The average molecular weight is 375 g/mol. The van der Waals surface area contributed by atoms with Gasteiger partial charge in [0.05, 0.1) is 0 Å². The van der Waals surface area contributed by atoms with Crippen LogP contribution in [0.15, 0.2) is 0 Å². The van der Waals surface area contributed by atoms with Crippen molar-refractivity contribution < 1.29 is 0 Å². The molecule has 0 aliphatic heterocycles. The van der Waals surface area contributed by atoms with Crippen molar-refractivity contribution in [3.8, 4) is 0 Å². The molecule has 4 fully saturated rings. The first kappa shape index (κ1) is 12.4. The fourth-order valence-electron chi connectivity index (χ4n) is 5.86. The maximum absolute atomic E-state index is 3.36. The van der Waals surface area contributed by atoms with Crippen molar-refractivity contribution in [1.29, 1.82) is 0 Å². The number of fused-ring (bicyclic) bond motifs is 4. The van der Waals surface area contributed by atoms with Gasteiger partial charge in [-0.1, -0.05) is 0 Å². The predicted octanol–water partition coefficient (Wildman–Crippen LogP) is 2.11. The molecule has 0 aromatic carbocycles. The molecule has 100 valence electrons. The summed E-state index contributed by atoms with van der Waals surface area (Å²) in [6, 6.07) is 0. The summed E-state index contributed by atoms with van der Waals surface area (Å²) in [6.45, 7) is 0. The number of nitrogens with zero attached hydrogens (tertiary/aromatic N) is 1. The monoisotopic (exact) mass is 377 g/mol. The van der Waals surface area contributed by atoms with Gasteiger partial charge in [0.15, 0.2) is 0 Å². The Morgan fingerprint density at radius 2 is 1.28 bits per heavy atom. The Bertz CT molecular complexity index is 346. The van der Waals surface area contributed by atoms with Crippen LogP contribution in [-0.4, -0.2) is 51.0 Å². The van der Waals surface area contributed by atoms with E-state index in [4.69, 9.17) is 0 Å². The van der Waals surface area contributed by atoms with E-state index >= 15 is 0 Å². The minimum atomic E-state index is 0.553. The summed E-state index contributed by atoms with van der Waals surface area (Å²) in [5, 5.41) is 0. The van der Waals surface area contributed by atoms with Gasteiger partial charge in [0.25, 0.3) is 0 Å². The maximum atomic E-state index is 3.36. The van der Waals surface area contributed by atoms with Gasteiger partial charge in [0, 0.05) is 0 Å². The van der Waals surface area contributed by atoms with Crippen LogP contribution in [0.3, 0.4) is 0 Å². The molecular weight excluding hydrogens is 352 g/mol. The molecule has 0 radical (unpaired) electrons. The van der Waals surface area contributed by atoms with Gasteiger partial charge in [0.1, 0.15) is 0 Å². The summed E-state index contributed by atoms with van der Waals surface area (Å²) in [7, 11) is 0. The van der Waals surface area contributed by atoms with Gasteiger partial charge in [-0.05, 0) is 0 Å². The van der Waals surface area contributed by atoms with Crippen molar-refractivity contribution in [1.82, 2.24) is 4.90 Å². The predicted molar refractivity (Wildman–Crippen MR) is 78.4 cm³/mol. The van der Waals surface area contributed by atoms with Crippen molar-refractivity contribution in [2.75, 3.05) is 0 Å². The molecule has 18 heavy (non-hydrogen) atoms. The first-order valence-electron chi connectivity index (χ1n) is 7.67. The second kappa shape index (κ2) is 4.10. The molecule has 0 heterocycles. The third kappa shape index (κ3) is 1.60. The van der Waals surface area contributed by atoms with Crippen LogP contribution in [0.5, 0.6) is 0 Å². The molecule has 4 aliphatic rings. The van der Waals surface area contributed by atoms with E-state index in [9.17, 15) is 0 Å². The van der Waals surface area contributed by atoms with Crippen molar-refractivity contribution in [2.45, 2.75) is 75.3 Å². The normalized spacial score (nSPS) is 48.9. The van der Waals surface area contributed by atoms with Gasteiger partial charge < -0.3 is 0 Å². The van der Waals surface area contributed by atoms with Gasteiger partial charge in [-0.3, -0.25) is 0 Å². The molecule has 0 unspecified atom stereocenters. The summed E-state index contributed by atoms with van der Waals surface area (Å²) < 4.78 is 1.44. The van der Waals surface area contributed by atoms with E-state index in [1.807, 2.05) is 0 Å². The van der Waals surface area contributed by atoms with E-state index in [0.29, 0.717) is 11.1 Å². The van der Waals surface area contributed by atoms with E-state index in [2.05, 4.69) is 36.5 Å². The molecule has 0 aromatic rings. The zero-order valence-electron chi connectivity index (χ0n) is 11.0. The van der Waals surface area contributed by atoms with Crippen LogP contribution in [-0.2, 0) is 0 Å². The Balaban J connectivity index is 1.71. The molecule has 4 saturated carbocycles. The van der Waals surface area contributed by atoms with Gasteiger partial charge in [-0.2, -0.15) is 0 Å². The fourth-order valence-corrected chi connectivity index (χ4v) is 7.56. The SMILES string of the molecule is [Se]=C([SeH])N(C12CCC(CC1)C2)C12CCC(CC1)C2. The topological polar surface area (TPSA) is 3.24 Å². The Kier molecular flexibility index (Phi) is 2.84. The van der Waals surface area contributed by atoms with Gasteiger partial charge in [-0.25, -0.2) is 0 Å². The molecule has 4 aliphatic carbocycles. The molecule has 0 atom stereocenters. The first-order chi connectivity index (χ1) is 8.64. The summed E-state index contributed by atoms with van der Waals surface area (Å²) in [6.07, 6.45) is 14.8. The first-order valence-corrected chi connectivity index (χ1v) is 9.46. The molecule has 0 saturated heterocycles. The van der Waals surface area contributed by atoms with E-state index in [1.54, 1.807) is 0 Å². The van der Waals surface area contributed by atoms with E-state index in [0.717, 1.165) is 11.8 Å². The molecule has 0 N–H and O–H groups in total. The van der Waals surface area contributed by atoms with Gasteiger partial charge >= 0.3 is 127 Å². The summed E-state index contributed by atoms with van der Waals surface area (Å²) in [5.74, 6) is 2.10. The molecule has 0 aromatic heterocycles. The quantitative estimate of drug-likeness (QED) is 0.683. The van der Waals surface area contributed by atoms with Crippen LogP contribution < -0.4 is 0 Å². The molecule has 4 rings (SSSR count). The third-order valence-corrected chi connectivity index (χ3v) is 7.35. The van der Waals surface area contributed by atoms with E-state index in [-0.39, 0.29) is 0 Å². The fraction of sp³-hybridized carbons (Fsp3) is 0.933. The molecule has 3 heteroatoms. The average Bonchev–Trinajstić information content (AvgIpc) is 3.07. The Morgan fingerprint density at radius 1 is 0.889 bits per heavy atom. The molecule has 0 spiro atoms. The van der Waals surface area contributed by atoms with E-state index in [1.165, 1.54) is 67.6 Å². The third-order valence-electron chi connectivity index (χ3n) is 6.55. The zero-order valence-corrected chi connectivity index (χ0v) is 14.6. The molecule has 4 bridgehead atoms. The summed E-state index contributed by atoms with van der Waals surface area (Å²) in [5.41, 5.74) is 1.11. The Morgan fingerprint density at radius 3 is 1.50 bits per heavy atom. The van der Waals surface area contributed by atoms with Crippen LogP contribution in [0.1, 0.15) is 64.2 Å². The minimum absolute atomic E-state index is 0.553. The standard InChI is InChI=1S/C15H23NSe2/c17-13(18)16(14-5-1-11(9-14)2-6-14)15-7-3-12(10-15)4-8-15/h11-12H,1-10H2,(H,17,18). The Labute approximate surface area is 127 Å². The second-order valence-electron chi connectivity index (χ2n) is 7.36.